The Labute approximate surface area is 117 Å². The van der Waals surface area contributed by atoms with Crippen molar-refractivity contribution >= 4 is 18.6 Å². The highest BCUT2D eigenvalue weighted by Gasteiger charge is 2.29. The minimum Gasteiger partial charge on any atom is -0.465 e. The largest absolute Gasteiger partial charge is 0.465 e. The first-order valence-corrected chi connectivity index (χ1v) is 7.01. The summed E-state index contributed by atoms with van der Waals surface area (Å²) < 4.78 is 17.7. The molecule has 1 aliphatic rings. The summed E-state index contributed by atoms with van der Waals surface area (Å²) in [6.45, 7) is 8.41. The molecule has 1 heterocycles. The molecule has 0 bridgehead atoms. The third-order valence-electron chi connectivity index (χ3n) is 3.19. The van der Waals surface area contributed by atoms with Crippen molar-refractivity contribution in [2.24, 2.45) is 5.41 Å². The number of thiol groups is 1. The minimum absolute atomic E-state index is 0.185. The van der Waals surface area contributed by atoms with Crippen LogP contribution < -0.4 is 0 Å². The number of esters is 1. The quantitative estimate of drug-likeness (QED) is 0.567. The molecule has 1 unspecified atom stereocenters. The zero-order valence-electron chi connectivity index (χ0n) is 12.4. The maximum atomic E-state index is 12.0. The van der Waals surface area contributed by atoms with E-state index in [2.05, 4.69) is 17.5 Å². The molecule has 18 heavy (non-hydrogen) atoms. The number of rotatable bonds is 7. The fourth-order valence-electron chi connectivity index (χ4n) is 1.76. The highest BCUT2D eigenvalue weighted by Crippen LogP contribution is 2.23. The maximum Gasteiger partial charge on any atom is 0.311 e. The molecule has 0 spiro atoms. The van der Waals surface area contributed by atoms with E-state index in [-0.39, 0.29) is 12.6 Å². The van der Waals surface area contributed by atoms with Gasteiger partial charge in [-0.05, 0) is 39.0 Å². The van der Waals surface area contributed by atoms with Crippen molar-refractivity contribution in [3.8, 4) is 0 Å². The van der Waals surface area contributed by atoms with Crippen molar-refractivity contribution in [1.29, 1.82) is 0 Å². The first-order valence-electron chi connectivity index (χ1n) is 7.07. The molecule has 0 aromatic heterocycles. The van der Waals surface area contributed by atoms with Gasteiger partial charge >= 0.3 is 5.97 Å². The van der Waals surface area contributed by atoms with E-state index in [0.29, 0.717) is 6.42 Å². The van der Waals surface area contributed by atoms with E-state index < -0.39 is 11.1 Å². The number of nitrogens with zero attached hydrogens (tertiary/aromatic N) is 1. The smallest absolute Gasteiger partial charge is 0.311 e. The highest BCUT2D eigenvalue weighted by molar-refractivity contribution is 7.80. The molecule has 0 aromatic carbocycles. The Hall–Kier alpha value is -0.260. The summed E-state index contributed by atoms with van der Waals surface area (Å²) in [7, 11) is 0. The van der Waals surface area contributed by atoms with Gasteiger partial charge in [-0.25, -0.2) is 0 Å². The summed E-state index contributed by atoms with van der Waals surface area (Å²) in [5, 5.41) is 0. The van der Waals surface area contributed by atoms with Crippen molar-refractivity contribution in [2.45, 2.75) is 26.7 Å². The molecule has 4 nitrogen and oxygen atoms in total. The zero-order chi connectivity index (χ0) is 14.3. The molecule has 1 fully saturated rings. The van der Waals surface area contributed by atoms with Crippen LogP contribution in [0.15, 0.2) is 0 Å². The third kappa shape index (κ3) is 5.59. The highest BCUT2D eigenvalue weighted by atomic mass is 32.1. The second kappa shape index (κ2) is 8.02. The lowest BCUT2D eigenvalue weighted by atomic mass is 9.89. The van der Waals surface area contributed by atoms with Crippen LogP contribution in [0, 0.1) is 5.41 Å². The summed E-state index contributed by atoms with van der Waals surface area (Å²) in [5.41, 5.74) is -0.962. The van der Waals surface area contributed by atoms with Gasteiger partial charge in [-0.3, -0.25) is 9.69 Å². The number of ether oxygens (including phenoxy) is 2. The second-order valence-electron chi connectivity index (χ2n) is 5.20. The number of morpholine rings is 1. The van der Waals surface area contributed by atoms with Gasteiger partial charge in [0.25, 0.3) is 0 Å². The van der Waals surface area contributed by atoms with Gasteiger partial charge in [0.2, 0.25) is 0 Å². The maximum absolute atomic E-state index is 12.0. The van der Waals surface area contributed by atoms with Gasteiger partial charge in [0, 0.05) is 14.5 Å². The van der Waals surface area contributed by atoms with Crippen molar-refractivity contribution < 1.29 is 15.6 Å². The third-order valence-corrected chi connectivity index (χ3v) is 3.45. The Kier molecular flexibility index (Phi) is 6.31. The SMILES string of the molecule is [3H]C(S)CCOC(=O)C(C)(C)CCN1CCOCC1. The van der Waals surface area contributed by atoms with Gasteiger partial charge in [-0.1, -0.05) is 0 Å². The Morgan fingerprint density at radius 3 is 2.78 bits per heavy atom. The first-order chi connectivity index (χ1) is 8.92. The Bertz CT molecular complexity index is 281. The summed E-state index contributed by atoms with van der Waals surface area (Å²) in [6, 6.07) is 0. The van der Waals surface area contributed by atoms with Crippen LogP contribution in [0.25, 0.3) is 0 Å². The van der Waals surface area contributed by atoms with Crippen LogP contribution in [0.3, 0.4) is 0 Å². The summed E-state index contributed by atoms with van der Waals surface area (Å²) >= 11 is 3.94. The van der Waals surface area contributed by atoms with E-state index in [0.717, 1.165) is 39.3 Å². The molecular weight excluding hydrogens is 250 g/mol. The molecule has 0 saturated carbocycles. The lowest BCUT2D eigenvalue weighted by molar-refractivity contribution is -0.154. The van der Waals surface area contributed by atoms with Gasteiger partial charge in [0.15, 0.2) is 0 Å². The molecule has 1 saturated heterocycles. The fourth-order valence-corrected chi connectivity index (χ4v) is 1.87. The van der Waals surface area contributed by atoms with Gasteiger partial charge in [0.05, 0.1) is 25.2 Å². The minimum atomic E-state index is -0.482. The van der Waals surface area contributed by atoms with Gasteiger partial charge in [0.1, 0.15) is 0 Å². The van der Waals surface area contributed by atoms with E-state index in [1.807, 2.05) is 13.8 Å². The van der Waals surface area contributed by atoms with Crippen LogP contribution >= 0.6 is 12.6 Å². The summed E-state index contributed by atoms with van der Waals surface area (Å²) in [4.78, 5) is 14.3. The van der Waals surface area contributed by atoms with Gasteiger partial charge < -0.3 is 9.47 Å². The lowest BCUT2D eigenvalue weighted by Crippen LogP contribution is -2.39. The Balaban J connectivity index is 2.26. The van der Waals surface area contributed by atoms with Crippen LogP contribution in [0.1, 0.15) is 28.1 Å². The first kappa shape index (κ1) is 14.2. The van der Waals surface area contributed by atoms with Crippen LogP contribution in [-0.2, 0) is 14.3 Å². The topological polar surface area (TPSA) is 38.8 Å². The van der Waals surface area contributed by atoms with E-state index in [1.54, 1.807) is 0 Å². The number of carbonyl (C=O) groups excluding carboxylic acids is 1. The van der Waals surface area contributed by atoms with E-state index in [1.165, 1.54) is 0 Å². The molecule has 5 heteroatoms. The Morgan fingerprint density at radius 2 is 2.17 bits per heavy atom. The molecule has 1 rings (SSSR count). The second-order valence-corrected chi connectivity index (χ2v) is 5.56. The molecular formula is C13H25NO3S. The molecule has 0 aliphatic carbocycles. The standard InChI is InChI=1S/C13H25NO3S/c1-13(2,12(15)17-8-3-11-18)4-5-14-6-9-16-10-7-14/h18H,3-11H2,1-2H3/i11T. The average molecular weight is 277 g/mol. The molecule has 1 atom stereocenters. The average Bonchev–Trinajstić information content (AvgIpc) is 2.37. The predicted molar refractivity (Wildman–Crippen MR) is 75.1 cm³/mol. The monoisotopic (exact) mass is 277 g/mol. The predicted octanol–water partition coefficient (Wildman–Crippen LogP) is 1.60. The van der Waals surface area contributed by atoms with Crippen molar-refractivity contribution in [1.82, 2.24) is 4.90 Å². The number of hydrogen-bond donors (Lipinski definition) is 1. The van der Waals surface area contributed by atoms with E-state index in [4.69, 9.17) is 10.8 Å². The summed E-state index contributed by atoms with van der Waals surface area (Å²) in [5.74, 6) is -0.185. The van der Waals surface area contributed by atoms with Gasteiger partial charge in [-0.2, -0.15) is 12.6 Å². The van der Waals surface area contributed by atoms with Crippen LogP contribution in [0.2, 0.25) is 0 Å². The molecule has 106 valence electrons. The molecule has 0 amide bonds. The molecule has 0 N–H and O–H groups in total. The van der Waals surface area contributed by atoms with Crippen molar-refractivity contribution in [3.63, 3.8) is 0 Å². The van der Waals surface area contributed by atoms with E-state index >= 15 is 0 Å². The molecule has 0 radical (unpaired) electrons. The van der Waals surface area contributed by atoms with Crippen molar-refractivity contribution in [2.75, 3.05) is 45.2 Å². The molecule has 0 aromatic rings. The lowest BCUT2D eigenvalue weighted by Gasteiger charge is -2.30. The van der Waals surface area contributed by atoms with Crippen LogP contribution in [0.4, 0.5) is 0 Å². The number of hydrogen-bond acceptors (Lipinski definition) is 5. The van der Waals surface area contributed by atoms with Crippen LogP contribution in [0.5, 0.6) is 0 Å². The van der Waals surface area contributed by atoms with E-state index in [9.17, 15) is 4.79 Å². The summed E-state index contributed by atoms with van der Waals surface area (Å²) in [6.07, 6.45) is 1.24. The Morgan fingerprint density at radius 1 is 1.50 bits per heavy atom. The van der Waals surface area contributed by atoms with Crippen molar-refractivity contribution in [3.05, 3.63) is 0 Å². The normalized spacial score (nSPS) is 20.3. The number of carbonyl (C=O) groups is 1. The van der Waals surface area contributed by atoms with Crippen LogP contribution in [-0.4, -0.2) is 56.1 Å². The zero-order valence-corrected chi connectivity index (χ0v) is 12.2. The fraction of sp³-hybridized carbons (Fsp3) is 0.923. The molecule has 1 aliphatic heterocycles. The van der Waals surface area contributed by atoms with Gasteiger partial charge in [-0.15, -0.1) is 0 Å².